The normalized spacial score (nSPS) is 25.8. The van der Waals surface area contributed by atoms with Crippen molar-refractivity contribution in [2.45, 2.75) is 37.5 Å². The molecule has 3 rings (SSSR count). The predicted octanol–water partition coefficient (Wildman–Crippen LogP) is 3.75. The average Bonchev–Trinajstić information content (AvgIpc) is 2.59. The lowest BCUT2D eigenvalue weighted by molar-refractivity contribution is 0.00776. The van der Waals surface area contributed by atoms with Gasteiger partial charge in [-0.25, -0.2) is 8.78 Å². The Labute approximate surface area is 105 Å². The first kappa shape index (κ1) is 11.8. The molecule has 1 fully saturated rings. The molecule has 98 valence electrons. The molecule has 1 aromatic rings. The number of hydrogen-bond acceptors (Lipinski definition) is 2. The Hall–Kier alpha value is -1.32. The third kappa shape index (κ3) is 2.28. The van der Waals surface area contributed by atoms with E-state index < -0.39 is 5.92 Å². The van der Waals surface area contributed by atoms with E-state index in [4.69, 9.17) is 9.47 Å². The minimum absolute atomic E-state index is 0.00783. The van der Waals surface area contributed by atoms with Gasteiger partial charge in [-0.05, 0) is 30.0 Å². The number of hydrogen-bond donors (Lipinski definition) is 0. The van der Waals surface area contributed by atoms with Gasteiger partial charge in [0.05, 0.1) is 13.2 Å². The highest BCUT2D eigenvalue weighted by Gasteiger charge is 2.40. The predicted molar refractivity (Wildman–Crippen MR) is 63.6 cm³/mol. The van der Waals surface area contributed by atoms with Gasteiger partial charge in [0.15, 0.2) is 11.5 Å². The van der Waals surface area contributed by atoms with Gasteiger partial charge in [0, 0.05) is 19.3 Å². The molecule has 1 heterocycles. The molecule has 0 amide bonds. The number of benzene rings is 1. The van der Waals surface area contributed by atoms with Crippen LogP contribution in [0.25, 0.3) is 0 Å². The van der Waals surface area contributed by atoms with Crippen molar-refractivity contribution in [3.63, 3.8) is 0 Å². The summed E-state index contributed by atoms with van der Waals surface area (Å²) >= 11 is 0. The SMILES string of the molecule is FC1(F)CCC(c2ccc3c(c2)OCCCO3)C1. The first-order chi connectivity index (χ1) is 8.64. The van der Waals surface area contributed by atoms with E-state index in [1.165, 1.54) is 0 Å². The van der Waals surface area contributed by atoms with Gasteiger partial charge in [-0.2, -0.15) is 0 Å². The van der Waals surface area contributed by atoms with E-state index in [-0.39, 0.29) is 18.8 Å². The van der Waals surface area contributed by atoms with Crippen LogP contribution in [0.15, 0.2) is 18.2 Å². The van der Waals surface area contributed by atoms with Crippen molar-refractivity contribution in [2.75, 3.05) is 13.2 Å². The molecule has 18 heavy (non-hydrogen) atoms. The molecular weight excluding hydrogens is 238 g/mol. The summed E-state index contributed by atoms with van der Waals surface area (Å²) in [5.41, 5.74) is 0.941. The van der Waals surface area contributed by atoms with E-state index in [9.17, 15) is 8.78 Å². The van der Waals surface area contributed by atoms with Gasteiger partial charge in [0.1, 0.15) is 0 Å². The Balaban J connectivity index is 1.84. The summed E-state index contributed by atoms with van der Waals surface area (Å²) in [6.07, 6.45) is 1.34. The van der Waals surface area contributed by atoms with Gasteiger partial charge in [-0.15, -0.1) is 0 Å². The number of rotatable bonds is 1. The van der Waals surface area contributed by atoms with Crippen LogP contribution in [0.2, 0.25) is 0 Å². The zero-order valence-corrected chi connectivity index (χ0v) is 10.1. The smallest absolute Gasteiger partial charge is 0.248 e. The second-order valence-electron chi connectivity index (χ2n) is 5.05. The maximum absolute atomic E-state index is 13.2. The molecule has 1 aromatic carbocycles. The Bertz CT molecular complexity index is 445. The lowest BCUT2D eigenvalue weighted by Crippen LogP contribution is -2.09. The van der Waals surface area contributed by atoms with Crippen LogP contribution in [-0.4, -0.2) is 19.1 Å². The van der Waals surface area contributed by atoms with Crippen molar-refractivity contribution in [1.82, 2.24) is 0 Å². The molecule has 0 N–H and O–H groups in total. The van der Waals surface area contributed by atoms with E-state index >= 15 is 0 Å². The summed E-state index contributed by atoms with van der Waals surface area (Å²) < 4.78 is 37.6. The van der Waals surface area contributed by atoms with Crippen LogP contribution in [0.5, 0.6) is 11.5 Å². The summed E-state index contributed by atoms with van der Waals surface area (Å²) in [5, 5.41) is 0. The first-order valence-corrected chi connectivity index (χ1v) is 6.41. The molecule has 1 saturated carbocycles. The molecule has 2 nitrogen and oxygen atoms in total. The van der Waals surface area contributed by atoms with Crippen LogP contribution in [0.1, 0.15) is 37.2 Å². The highest BCUT2D eigenvalue weighted by atomic mass is 19.3. The topological polar surface area (TPSA) is 18.5 Å². The highest BCUT2D eigenvalue weighted by Crippen LogP contribution is 2.45. The van der Waals surface area contributed by atoms with Crippen molar-refractivity contribution >= 4 is 0 Å². The number of halogens is 2. The van der Waals surface area contributed by atoms with Crippen molar-refractivity contribution < 1.29 is 18.3 Å². The molecule has 4 heteroatoms. The minimum Gasteiger partial charge on any atom is -0.490 e. The lowest BCUT2D eigenvalue weighted by atomic mass is 9.97. The van der Waals surface area contributed by atoms with Crippen molar-refractivity contribution in [3.8, 4) is 11.5 Å². The van der Waals surface area contributed by atoms with E-state index in [0.29, 0.717) is 25.4 Å². The van der Waals surface area contributed by atoms with Gasteiger partial charge >= 0.3 is 0 Å². The van der Waals surface area contributed by atoms with Gasteiger partial charge in [0.2, 0.25) is 5.92 Å². The average molecular weight is 254 g/mol. The second kappa shape index (κ2) is 4.41. The van der Waals surface area contributed by atoms with Crippen LogP contribution < -0.4 is 9.47 Å². The fourth-order valence-electron chi connectivity index (χ4n) is 2.67. The molecular formula is C14H16F2O2. The summed E-state index contributed by atoms with van der Waals surface area (Å²) in [5.74, 6) is -1.15. The summed E-state index contributed by atoms with van der Waals surface area (Å²) in [6, 6.07) is 5.60. The van der Waals surface area contributed by atoms with Crippen LogP contribution in [0.3, 0.4) is 0 Å². The summed E-state index contributed by atoms with van der Waals surface area (Å²) in [6.45, 7) is 1.27. The molecule has 0 aromatic heterocycles. The quantitative estimate of drug-likeness (QED) is 0.759. The fraction of sp³-hybridized carbons (Fsp3) is 0.571. The van der Waals surface area contributed by atoms with Gasteiger partial charge in [-0.3, -0.25) is 0 Å². The highest BCUT2D eigenvalue weighted by molar-refractivity contribution is 5.44. The van der Waals surface area contributed by atoms with Crippen LogP contribution in [-0.2, 0) is 0 Å². The molecule has 0 bridgehead atoms. The summed E-state index contributed by atoms with van der Waals surface area (Å²) in [4.78, 5) is 0. The Morgan fingerprint density at radius 3 is 2.61 bits per heavy atom. The molecule has 1 aliphatic carbocycles. The second-order valence-corrected chi connectivity index (χ2v) is 5.05. The zero-order chi connectivity index (χ0) is 12.6. The third-order valence-electron chi connectivity index (χ3n) is 3.65. The monoisotopic (exact) mass is 254 g/mol. The van der Waals surface area contributed by atoms with Crippen LogP contribution in [0, 0.1) is 0 Å². The van der Waals surface area contributed by atoms with Crippen LogP contribution >= 0.6 is 0 Å². The van der Waals surface area contributed by atoms with Gasteiger partial charge in [0.25, 0.3) is 0 Å². The minimum atomic E-state index is -2.51. The standard InChI is InChI=1S/C14H16F2O2/c15-14(16)5-4-11(9-14)10-2-3-12-13(8-10)18-7-1-6-17-12/h2-3,8,11H,1,4-7,9H2. The molecule has 0 saturated heterocycles. The van der Waals surface area contributed by atoms with E-state index in [1.54, 1.807) is 0 Å². The molecule has 0 radical (unpaired) electrons. The Morgan fingerprint density at radius 2 is 1.89 bits per heavy atom. The van der Waals surface area contributed by atoms with E-state index in [1.807, 2.05) is 18.2 Å². The molecule has 2 aliphatic rings. The molecule has 1 atom stereocenters. The van der Waals surface area contributed by atoms with Gasteiger partial charge < -0.3 is 9.47 Å². The molecule has 0 spiro atoms. The number of fused-ring (bicyclic) bond motifs is 1. The lowest BCUT2D eigenvalue weighted by Gasteiger charge is -2.14. The number of alkyl halides is 2. The number of ether oxygens (including phenoxy) is 2. The Kier molecular flexibility index (Phi) is 2.88. The molecule has 1 unspecified atom stereocenters. The molecule has 1 aliphatic heterocycles. The van der Waals surface area contributed by atoms with E-state index in [2.05, 4.69) is 0 Å². The van der Waals surface area contributed by atoms with Crippen molar-refractivity contribution in [3.05, 3.63) is 23.8 Å². The van der Waals surface area contributed by atoms with Crippen molar-refractivity contribution in [2.24, 2.45) is 0 Å². The third-order valence-corrected chi connectivity index (χ3v) is 3.65. The van der Waals surface area contributed by atoms with E-state index in [0.717, 1.165) is 17.7 Å². The van der Waals surface area contributed by atoms with Crippen LogP contribution in [0.4, 0.5) is 8.78 Å². The maximum atomic E-state index is 13.2. The maximum Gasteiger partial charge on any atom is 0.248 e. The zero-order valence-electron chi connectivity index (χ0n) is 10.1. The first-order valence-electron chi connectivity index (χ1n) is 6.41. The summed E-state index contributed by atoms with van der Waals surface area (Å²) in [7, 11) is 0. The largest absolute Gasteiger partial charge is 0.490 e. The van der Waals surface area contributed by atoms with Crippen molar-refractivity contribution in [1.29, 1.82) is 0 Å². The Morgan fingerprint density at radius 1 is 1.11 bits per heavy atom. The fourth-order valence-corrected chi connectivity index (χ4v) is 2.67. The van der Waals surface area contributed by atoms with Gasteiger partial charge in [-0.1, -0.05) is 6.07 Å².